The zero-order valence-corrected chi connectivity index (χ0v) is 25.1. The van der Waals surface area contributed by atoms with Gasteiger partial charge in [0.05, 0.1) is 0 Å². The number of likely N-dealkylation sites (tertiary alicyclic amines) is 1. The van der Waals surface area contributed by atoms with Crippen molar-refractivity contribution in [2.75, 3.05) is 6.54 Å². The zero-order valence-electron chi connectivity index (χ0n) is 25.1. The number of benzene rings is 3. The van der Waals surface area contributed by atoms with E-state index in [2.05, 4.69) is 16.0 Å². The Bertz CT molecular complexity index is 1480. The van der Waals surface area contributed by atoms with Gasteiger partial charge in [-0.15, -0.1) is 0 Å². The third-order valence-electron chi connectivity index (χ3n) is 7.75. The first-order valence-electron chi connectivity index (χ1n) is 14.9. The van der Waals surface area contributed by atoms with E-state index in [1.54, 1.807) is 12.1 Å². The van der Waals surface area contributed by atoms with E-state index in [-0.39, 0.29) is 36.8 Å². The Kier molecular flexibility index (Phi) is 11.3. The second kappa shape index (κ2) is 15.5. The number of carbonyl (C=O) groups excluding carboxylic acids is 5. The van der Waals surface area contributed by atoms with E-state index in [9.17, 15) is 29.1 Å². The lowest BCUT2D eigenvalue weighted by Crippen LogP contribution is -2.58. The Balaban J connectivity index is 1.51. The molecule has 4 atom stereocenters. The minimum absolute atomic E-state index is 0.0620. The van der Waals surface area contributed by atoms with Crippen LogP contribution in [0.1, 0.15) is 36.5 Å². The van der Waals surface area contributed by atoms with E-state index in [1.165, 1.54) is 24.0 Å². The highest BCUT2D eigenvalue weighted by Gasteiger charge is 2.39. The van der Waals surface area contributed by atoms with Crippen LogP contribution in [-0.4, -0.2) is 70.3 Å². The normalized spacial score (nSPS) is 16.2. The molecule has 0 unspecified atom stereocenters. The standard InChI is InChI=1S/C34H39N5O6/c1-22(40)36-29(21-24-11-6-3-7-12-24)34(45)39-18-8-13-30(39)33(44)38-28(20-23-9-4-2-5-10-23)32(43)37-27(31(35)42)19-25-14-16-26(41)17-15-25/h2-7,9-12,14-17,27-30,41H,8,13,18-21H2,1H3,(H2,35,42)(H,36,40)(H,37,43)(H,38,44)/t27-,28-,29-,30-/m0/s1. The summed E-state index contributed by atoms with van der Waals surface area (Å²) < 4.78 is 0. The Morgan fingerprint density at radius 2 is 1.29 bits per heavy atom. The van der Waals surface area contributed by atoms with E-state index in [0.29, 0.717) is 24.9 Å². The molecule has 11 heteroatoms. The number of phenolic OH excluding ortho intramolecular Hbond substituents is 1. The van der Waals surface area contributed by atoms with Crippen LogP contribution in [0, 0.1) is 0 Å². The SMILES string of the molecule is CC(=O)N[C@@H](Cc1ccccc1)C(=O)N1CCC[C@H]1C(=O)N[C@@H](Cc1ccccc1)C(=O)N[C@@H](Cc1ccc(O)cc1)C(N)=O. The first kappa shape index (κ1) is 32.7. The monoisotopic (exact) mass is 613 g/mol. The second-order valence-electron chi connectivity index (χ2n) is 11.2. The number of primary amides is 1. The second-order valence-corrected chi connectivity index (χ2v) is 11.2. The number of aromatic hydroxyl groups is 1. The maximum absolute atomic E-state index is 13.7. The largest absolute Gasteiger partial charge is 0.508 e. The molecule has 0 bridgehead atoms. The smallest absolute Gasteiger partial charge is 0.246 e. The van der Waals surface area contributed by atoms with Gasteiger partial charge in [0, 0.05) is 32.7 Å². The molecule has 45 heavy (non-hydrogen) atoms. The van der Waals surface area contributed by atoms with Crippen LogP contribution in [0.3, 0.4) is 0 Å². The molecule has 1 aliphatic heterocycles. The average Bonchev–Trinajstić information content (AvgIpc) is 3.52. The number of hydrogen-bond donors (Lipinski definition) is 5. The number of nitrogens with two attached hydrogens (primary N) is 1. The number of nitrogens with zero attached hydrogens (tertiary/aromatic N) is 1. The summed E-state index contributed by atoms with van der Waals surface area (Å²) >= 11 is 0. The Morgan fingerprint density at radius 3 is 1.84 bits per heavy atom. The van der Waals surface area contributed by atoms with Crippen molar-refractivity contribution in [3.05, 3.63) is 102 Å². The average molecular weight is 614 g/mol. The van der Waals surface area contributed by atoms with Gasteiger partial charge in [0.2, 0.25) is 29.5 Å². The van der Waals surface area contributed by atoms with Crippen LogP contribution in [0.5, 0.6) is 5.75 Å². The molecular weight excluding hydrogens is 574 g/mol. The topological polar surface area (TPSA) is 171 Å². The highest BCUT2D eigenvalue weighted by Crippen LogP contribution is 2.21. The van der Waals surface area contributed by atoms with Gasteiger partial charge in [0.15, 0.2) is 0 Å². The lowest BCUT2D eigenvalue weighted by atomic mass is 10.0. The third-order valence-corrected chi connectivity index (χ3v) is 7.75. The fraction of sp³-hybridized carbons (Fsp3) is 0.324. The number of hydrogen-bond acceptors (Lipinski definition) is 6. The highest BCUT2D eigenvalue weighted by molar-refractivity contribution is 5.95. The van der Waals surface area contributed by atoms with Gasteiger partial charge in [-0.2, -0.15) is 0 Å². The molecule has 1 aliphatic rings. The van der Waals surface area contributed by atoms with E-state index < -0.39 is 41.9 Å². The Labute approximate surface area is 262 Å². The van der Waals surface area contributed by atoms with E-state index in [0.717, 1.165) is 11.1 Å². The van der Waals surface area contributed by atoms with Crippen LogP contribution >= 0.6 is 0 Å². The van der Waals surface area contributed by atoms with Gasteiger partial charge in [-0.3, -0.25) is 24.0 Å². The first-order valence-corrected chi connectivity index (χ1v) is 14.9. The minimum Gasteiger partial charge on any atom is -0.508 e. The summed E-state index contributed by atoms with van der Waals surface area (Å²) in [6.07, 6.45) is 1.45. The Morgan fingerprint density at radius 1 is 0.756 bits per heavy atom. The molecule has 3 aromatic carbocycles. The molecule has 1 heterocycles. The van der Waals surface area contributed by atoms with E-state index in [4.69, 9.17) is 5.73 Å². The molecule has 1 fully saturated rings. The molecule has 0 radical (unpaired) electrons. The molecule has 0 aromatic heterocycles. The molecule has 6 N–H and O–H groups in total. The van der Waals surface area contributed by atoms with E-state index in [1.807, 2.05) is 60.7 Å². The predicted octanol–water partition coefficient (Wildman–Crippen LogP) is 1.37. The van der Waals surface area contributed by atoms with Gasteiger partial charge in [0.25, 0.3) is 0 Å². The molecule has 0 spiro atoms. The molecule has 11 nitrogen and oxygen atoms in total. The van der Waals surface area contributed by atoms with E-state index >= 15 is 0 Å². The first-order chi connectivity index (χ1) is 21.6. The molecule has 3 aromatic rings. The summed E-state index contributed by atoms with van der Waals surface area (Å²) in [5.41, 5.74) is 7.93. The summed E-state index contributed by atoms with van der Waals surface area (Å²) in [5, 5.41) is 17.8. The van der Waals surface area contributed by atoms with Crippen LogP contribution < -0.4 is 21.7 Å². The van der Waals surface area contributed by atoms with Gasteiger partial charge in [-0.25, -0.2) is 0 Å². The van der Waals surface area contributed by atoms with Crippen molar-refractivity contribution in [3.8, 4) is 5.75 Å². The van der Waals surface area contributed by atoms with Crippen molar-refractivity contribution >= 4 is 29.5 Å². The lowest BCUT2D eigenvalue weighted by Gasteiger charge is -2.30. The molecular formula is C34H39N5O6. The molecule has 4 rings (SSSR count). The van der Waals surface area contributed by atoms with Crippen LogP contribution in [-0.2, 0) is 43.2 Å². The predicted molar refractivity (Wildman–Crippen MR) is 167 cm³/mol. The Hall–Kier alpha value is -5.19. The fourth-order valence-electron chi connectivity index (χ4n) is 5.49. The van der Waals surface area contributed by atoms with Crippen LogP contribution in [0.25, 0.3) is 0 Å². The number of carbonyl (C=O) groups is 5. The van der Waals surface area contributed by atoms with Gasteiger partial charge >= 0.3 is 0 Å². The van der Waals surface area contributed by atoms with Crippen molar-refractivity contribution < 1.29 is 29.1 Å². The third kappa shape index (κ3) is 9.40. The van der Waals surface area contributed by atoms with Crippen molar-refractivity contribution in [2.45, 2.75) is 63.2 Å². The maximum Gasteiger partial charge on any atom is 0.246 e. The lowest BCUT2D eigenvalue weighted by molar-refractivity contribution is -0.142. The number of phenols is 1. The highest BCUT2D eigenvalue weighted by atomic mass is 16.3. The van der Waals surface area contributed by atoms with Crippen LogP contribution in [0.4, 0.5) is 0 Å². The summed E-state index contributed by atoms with van der Waals surface area (Å²) in [4.78, 5) is 66.8. The van der Waals surface area contributed by atoms with Gasteiger partial charge in [0.1, 0.15) is 29.9 Å². The summed E-state index contributed by atoms with van der Waals surface area (Å²) in [5.74, 6) is -2.54. The van der Waals surface area contributed by atoms with Crippen molar-refractivity contribution in [1.29, 1.82) is 0 Å². The van der Waals surface area contributed by atoms with Crippen molar-refractivity contribution in [2.24, 2.45) is 5.73 Å². The van der Waals surface area contributed by atoms with Crippen LogP contribution in [0.15, 0.2) is 84.9 Å². The number of amides is 5. The minimum atomic E-state index is -1.07. The quantitative estimate of drug-likeness (QED) is 0.195. The molecule has 236 valence electrons. The molecule has 0 saturated carbocycles. The zero-order chi connectivity index (χ0) is 32.3. The summed E-state index contributed by atoms with van der Waals surface area (Å²) in [6, 6.07) is 20.7. The van der Waals surface area contributed by atoms with Gasteiger partial charge in [-0.1, -0.05) is 72.8 Å². The van der Waals surface area contributed by atoms with Crippen molar-refractivity contribution in [3.63, 3.8) is 0 Å². The molecule has 0 aliphatic carbocycles. The van der Waals surface area contributed by atoms with Gasteiger partial charge in [-0.05, 0) is 41.7 Å². The maximum atomic E-state index is 13.7. The summed E-state index contributed by atoms with van der Waals surface area (Å²) in [6.45, 7) is 1.67. The number of rotatable bonds is 13. The summed E-state index contributed by atoms with van der Waals surface area (Å²) in [7, 11) is 0. The molecule has 5 amide bonds. The molecule has 1 saturated heterocycles. The number of nitrogens with one attached hydrogen (secondary N) is 3. The fourth-order valence-corrected chi connectivity index (χ4v) is 5.49. The van der Waals surface area contributed by atoms with Crippen LogP contribution in [0.2, 0.25) is 0 Å². The van der Waals surface area contributed by atoms with Crippen molar-refractivity contribution in [1.82, 2.24) is 20.9 Å². The van der Waals surface area contributed by atoms with Gasteiger partial charge < -0.3 is 31.7 Å².